The molecule has 1 aromatic heterocycles. The lowest BCUT2D eigenvalue weighted by Gasteiger charge is -2.32. The lowest BCUT2D eigenvalue weighted by molar-refractivity contribution is 0.415. The van der Waals surface area contributed by atoms with Crippen molar-refractivity contribution in [2.24, 2.45) is 5.92 Å². The fourth-order valence-electron chi connectivity index (χ4n) is 3.49. The molecule has 1 saturated heterocycles. The highest BCUT2D eigenvalue weighted by Crippen LogP contribution is 2.25. The molecule has 0 spiro atoms. The Hall–Kier alpha value is -3.28. The summed E-state index contributed by atoms with van der Waals surface area (Å²) < 4.78 is 5.26. The maximum Gasteiger partial charge on any atom is 0.229 e. The Morgan fingerprint density at radius 2 is 1.76 bits per heavy atom. The van der Waals surface area contributed by atoms with Crippen molar-refractivity contribution in [1.82, 2.24) is 9.97 Å². The van der Waals surface area contributed by atoms with Gasteiger partial charge in [0.05, 0.1) is 7.11 Å². The molecule has 29 heavy (non-hydrogen) atoms. The molecule has 2 heterocycles. The quantitative estimate of drug-likeness (QED) is 0.603. The third-order valence-corrected chi connectivity index (χ3v) is 5.27. The van der Waals surface area contributed by atoms with Crippen LogP contribution >= 0.6 is 0 Å². The van der Waals surface area contributed by atoms with E-state index in [1.165, 1.54) is 18.5 Å². The van der Waals surface area contributed by atoms with Gasteiger partial charge in [0, 0.05) is 42.4 Å². The minimum absolute atomic E-state index is 0.530. The summed E-state index contributed by atoms with van der Waals surface area (Å²) in [5.41, 5.74) is 3.16. The molecular formula is C23H27N5O. The second kappa shape index (κ2) is 8.82. The summed E-state index contributed by atoms with van der Waals surface area (Å²) >= 11 is 0. The summed E-state index contributed by atoms with van der Waals surface area (Å²) in [6, 6.07) is 18.1. The molecule has 0 amide bonds. The molecule has 4 rings (SSSR count). The smallest absolute Gasteiger partial charge is 0.229 e. The largest absolute Gasteiger partial charge is 0.497 e. The van der Waals surface area contributed by atoms with E-state index in [1.54, 1.807) is 13.3 Å². The van der Waals surface area contributed by atoms with Gasteiger partial charge in [-0.25, -0.2) is 4.98 Å². The maximum atomic E-state index is 5.26. The number of methoxy groups -OCH3 is 1. The molecule has 2 N–H and O–H groups in total. The first-order chi connectivity index (χ1) is 14.2. The highest BCUT2D eigenvalue weighted by Gasteiger charge is 2.15. The van der Waals surface area contributed by atoms with E-state index < -0.39 is 0 Å². The zero-order valence-electron chi connectivity index (χ0n) is 16.9. The summed E-state index contributed by atoms with van der Waals surface area (Å²) in [5.74, 6) is 2.89. The van der Waals surface area contributed by atoms with Crippen LogP contribution in [0.25, 0.3) is 0 Å². The SMILES string of the molecule is COc1cccc(Nc2nccc(Nc3ccc(N4CCC(C)CC4)cc3)n2)c1. The van der Waals surface area contributed by atoms with Crippen molar-refractivity contribution in [3.63, 3.8) is 0 Å². The van der Waals surface area contributed by atoms with E-state index in [-0.39, 0.29) is 0 Å². The van der Waals surface area contributed by atoms with Crippen molar-refractivity contribution in [2.45, 2.75) is 19.8 Å². The molecule has 0 aliphatic carbocycles. The molecule has 0 unspecified atom stereocenters. The molecule has 6 nitrogen and oxygen atoms in total. The Bertz CT molecular complexity index is 936. The normalized spacial score (nSPS) is 14.5. The number of hydrogen-bond donors (Lipinski definition) is 2. The Kier molecular flexibility index (Phi) is 5.79. The van der Waals surface area contributed by atoms with Gasteiger partial charge in [0.25, 0.3) is 0 Å². The second-order valence-corrected chi connectivity index (χ2v) is 7.46. The molecule has 0 bridgehead atoms. The van der Waals surface area contributed by atoms with Crippen molar-refractivity contribution in [3.05, 3.63) is 60.8 Å². The molecule has 150 valence electrons. The molecule has 2 aromatic carbocycles. The van der Waals surface area contributed by atoms with Crippen LogP contribution < -0.4 is 20.3 Å². The van der Waals surface area contributed by atoms with E-state index in [4.69, 9.17) is 4.74 Å². The zero-order valence-corrected chi connectivity index (χ0v) is 16.9. The summed E-state index contributed by atoms with van der Waals surface area (Å²) in [6.07, 6.45) is 4.27. The van der Waals surface area contributed by atoms with Gasteiger partial charge in [0.2, 0.25) is 5.95 Å². The highest BCUT2D eigenvalue weighted by atomic mass is 16.5. The predicted molar refractivity (Wildman–Crippen MR) is 119 cm³/mol. The van der Waals surface area contributed by atoms with Gasteiger partial charge in [0.1, 0.15) is 11.6 Å². The Morgan fingerprint density at radius 3 is 2.52 bits per heavy atom. The number of aromatic nitrogens is 2. The first-order valence-corrected chi connectivity index (χ1v) is 10.1. The third-order valence-electron chi connectivity index (χ3n) is 5.27. The number of rotatable bonds is 6. The fraction of sp³-hybridized carbons (Fsp3) is 0.304. The molecule has 0 radical (unpaired) electrons. The molecule has 1 aliphatic heterocycles. The maximum absolute atomic E-state index is 5.26. The number of hydrogen-bond acceptors (Lipinski definition) is 6. The second-order valence-electron chi connectivity index (χ2n) is 7.46. The van der Waals surface area contributed by atoms with Crippen LogP contribution in [0, 0.1) is 5.92 Å². The number of anilines is 5. The van der Waals surface area contributed by atoms with Crippen LogP contribution in [-0.4, -0.2) is 30.2 Å². The number of benzene rings is 2. The minimum Gasteiger partial charge on any atom is -0.497 e. The Morgan fingerprint density at radius 1 is 0.966 bits per heavy atom. The molecule has 1 fully saturated rings. The van der Waals surface area contributed by atoms with Crippen molar-refractivity contribution in [2.75, 3.05) is 35.7 Å². The molecule has 0 saturated carbocycles. The third kappa shape index (κ3) is 4.96. The first kappa shape index (κ1) is 19.1. The van der Waals surface area contributed by atoms with E-state index in [9.17, 15) is 0 Å². The van der Waals surface area contributed by atoms with E-state index >= 15 is 0 Å². The first-order valence-electron chi connectivity index (χ1n) is 10.1. The Balaban J connectivity index is 1.41. The van der Waals surface area contributed by atoms with Gasteiger partial charge in [0.15, 0.2) is 0 Å². The van der Waals surface area contributed by atoms with E-state index in [0.717, 1.165) is 41.9 Å². The van der Waals surface area contributed by atoms with Crippen LogP contribution in [0.4, 0.5) is 28.8 Å². The summed E-state index contributed by atoms with van der Waals surface area (Å²) in [7, 11) is 1.65. The van der Waals surface area contributed by atoms with Crippen molar-refractivity contribution in [1.29, 1.82) is 0 Å². The van der Waals surface area contributed by atoms with E-state index in [1.807, 2.05) is 30.3 Å². The highest BCUT2D eigenvalue weighted by molar-refractivity contribution is 5.62. The van der Waals surface area contributed by atoms with Crippen LogP contribution in [0.5, 0.6) is 5.75 Å². The fourth-order valence-corrected chi connectivity index (χ4v) is 3.49. The van der Waals surface area contributed by atoms with Crippen LogP contribution in [0.3, 0.4) is 0 Å². The summed E-state index contributed by atoms with van der Waals surface area (Å²) in [5, 5.41) is 6.57. The molecule has 6 heteroatoms. The number of nitrogens with zero attached hydrogens (tertiary/aromatic N) is 3. The van der Waals surface area contributed by atoms with E-state index in [2.05, 4.69) is 56.7 Å². The average molecular weight is 390 g/mol. The molecular weight excluding hydrogens is 362 g/mol. The standard InChI is InChI=1S/C23H27N5O/c1-17-11-14-28(15-12-17)20-8-6-18(7-9-20)25-22-10-13-24-23(27-22)26-19-4-3-5-21(16-19)29-2/h3-10,13,16-17H,11-12,14-15H2,1-2H3,(H2,24,25,26,27). The lowest BCUT2D eigenvalue weighted by Crippen LogP contribution is -2.32. The zero-order chi connectivity index (χ0) is 20.1. The van der Waals surface area contributed by atoms with Crippen LogP contribution in [0.15, 0.2) is 60.8 Å². The number of nitrogens with one attached hydrogen (secondary N) is 2. The van der Waals surface area contributed by atoms with Crippen LogP contribution in [0.1, 0.15) is 19.8 Å². The van der Waals surface area contributed by atoms with Crippen molar-refractivity contribution < 1.29 is 4.74 Å². The van der Waals surface area contributed by atoms with Crippen LogP contribution in [0.2, 0.25) is 0 Å². The lowest BCUT2D eigenvalue weighted by atomic mass is 9.99. The van der Waals surface area contributed by atoms with Crippen LogP contribution in [-0.2, 0) is 0 Å². The molecule has 3 aromatic rings. The topological polar surface area (TPSA) is 62.3 Å². The van der Waals surface area contributed by atoms with E-state index in [0.29, 0.717) is 5.95 Å². The van der Waals surface area contributed by atoms with Gasteiger partial charge in [-0.3, -0.25) is 0 Å². The molecule has 0 atom stereocenters. The van der Waals surface area contributed by atoms with Gasteiger partial charge in [-0.2, -0.15) is 4.98 Å². The van der Waals surface area contributed by atoms with Crippen molar-refractivity contribution in [3.8, 4) is 5.75 Å². The van der Waals surface area contributed by atoms with Gasteiger partial charge in [-0.15, -0.1) is 0 Å². The van der Waals surface area contributed by atoms with Gasteiger partial charge < -0.3 is 20.3 Å². The van der Waals surface area contributed by atoms with Gasteiger partial charge in [-0.05, 0) is 61.2 Å². The van der Waals surface area contributed by atoms with Gasteiger partial charge in [-0.1, -0.05) is 13.0 Å². The monoisotopic (exact) mass is 389 g/mol. The average Bonchev–Trinajstić information content (AvgIpc) is 2.75. The number of ether oxygens (including phenoxy) is 1. The van der Waals surface area contributed by atoms with Crippen molar-refractivity contribution >= 4 is 28.8 Å². The van der Waals surface area contributed by atoms with Gasteiger partial charge >= 0.3 is 0 Å². The summed E-state index contributed by atoms with van der Waals surface area (Å²) in [6.45, 7) is 4.61. The summed E-state index contributed by atoms with van der Waals surface area (Å²) in [4.78, 5) is 11.3. The Labute approximate surface area is 172 Å². The molecule has 1 aliphatic rings. The predicted octanol–water partition coefficient (Wildman–Crippen LogP) is 5.21. The number of piperidine rings is 1. The minimum atomic E-state index is 0.530.